The van der Waals surface area contributed by atoms with Crippen LogP contribution in [0.1, 0.15) is 24.1 Å². The summed E-state index contributed by atoms with van der Waals surface area (Å²) in [5.74, 6) is -0.247. The van der Waals surface area contributed by atoms with E-state index in [1.165, 1.54) is 12.1 Å². The summed E-state index contributed by atoms with van der Waals surface area (Å²) in [5.41, 5.74) is 1.82. The van der Waals surface area contributed by atoms with E-state index in [2.05, 4.69) is 10.3 Å². The van der Waals surface area contributed by atoms with E-state index in [1.807, 2.05) is 12.5 Å². The van der Waals surface area contributed by atoms with Crippen molar-refractivity contribution in [1.82, 2.24) is 15.0 Å². The van der Waals surface area contributed by atoms with E-state index < -0.39 is 0 Å². The number of nitrogens with zero attached hydrogens (tertiary/aromatic N) is 3. The van der Waals surface area contributed by atoms with Gasteiger partial charge >= 0.3 is 29.6 Å². The summed E-state index contributed by atoms with van der Waals surface area (Å²) in [4.78, 5) is 10.1. The van der Waals surface area contributed by atoms with Crippen molar-refractivity contribution >= 4 is 6.29 Å². The molecule has 0 aliphatic rings. The van der Waals surface area contributed by atoms with Crippen molar-refractivity contribution in [3.8, 4) is 0 Å². The number of hydrogen-bond acceptors (Lipinski definition) is 4. The van der Waals surface area contributed by atoms with Crippen LogP contribution in [-0.4, -0.2) is 26.8 Å². The van der Waals surface area contributed by atoms with Crippen LogP contribution in [-0.2, 0) is 17.8 Å². The van der Waals surface area contributed by atoms with Gasteiger partial charge in [0.05, 0.1) is 12.2 Å². The molecule has 0 saturated carbocycles. The van der Waals surface area contributed by atoms with Gasteiger partial charge < -0.3 is 10.3 Å². The van der Waals surface area contributed by atoms with Gasteiger partial charge in [0, 0.05) is 6.20 Å². The van der Waals surface area contributed by atoms with E-state index in [4.69, 9.17) is 0 Å². The zero-order chi connectivity index (χ0) is 12.8. The molecule has 0 atom stereocenters. The first kappa shape index (κ1) is 18.9. The van der Waals surface area contributed by atoms with Crippen LogP contribution < -0.4 is 29.6 Å². The second-order valence-electron chi connectivity index (χ2n) is 4.03. The number of carbonyl (C=O) groups excluding carboxylic acids is 1. The van der Waals surface area contributed by atoms with Gasteiger partial charge in [0.25, 0.3) is 0 Å². The fourth-order valence-electron chi connectivity index (χ4n) is 1.65. The zero-order valence-electron chi connectivity index (χ0n) is 11.3. The Kier molecular flexibility index (Phi) is 9.24. The fourth-order valence-corrected chi connectivity index (χ4v) is 1.65. The largest absolute Gasteiger partial charge is 1.00 e. The molecule has 2 aromatic rings. The van der Waals surface area contributed by atoms with Crippen LogP contribution in [0.5, 0.6) is 0 Å². The van der Waals surface area contributed by atoms with Crippen molar-refractivity contribution in [2.24, 2.45) is 0 Å². The molecule has 5 nitrogen and oxygen atoms in total. The van der Waals surface area contributed by atoms with Crippen LogP contribution in [0.2, 0.25) is 0 Å². The third kappa shape index (κ3) is 5.92. The Morgan fingerprint density at radius 1 is 1.25 bits per heavy atom. The van der Waals surface area contributed by atoms with Crippen molar-refractivity contribution in [1.29, 1.82) is 0 Å². The molecule has 7 heteroatoms. The summed E-state index contributed by atoms with van der Waals surface area (Å²) in [6, 6.07) is 6.29. The SMILES string of the molecule is O=[C-]CCCc1cn(Cc2ccc(F)cc2)nn1.[Na+].[OH-]. The maximum Gasteiger partial charge on any atom is 1.00 e. The van der Waals surface area contributed by atoms with Gasteiger partial charge in [-0.1, -0.05) is 23.8 Å². The molecule has 0 spiro atoms. The average Bonchev–Trinajstić information content (AvgIpc) is 2.80. The Labute approximate surface area is 138 Å². The second kappa shape index (κ2) is 9.77. The van der Waals surface area contributed by atoms with Crippen molar-refractivity contribution in [3.05, 3.63) is 47.5 Å². The van der Waals surface area contributed by atoms with Crippen LogP contribution in [0.3, 0.4) is 0 Å². The van der Waals surface area contributed by atoms with Gasteiger partial charge in [0.2, 0.25) is 0 Å². The normalized spacial score (nSPS) is 9.45. The van der Waals surface area contributed by atoms with E-state index in [1.54, 1.807) is 16.8 Å². The van der Waals surface area contributed by atoms with Crippen molar-refractivity contribution in [3.63, 3.8) is 0 Å². The molecule has 1 N–H and O–H groups in total. The fraction of sp³-hybridized carbons (Fsp3) is 0.308. The molecule has 0 bridgehead atoms. The second-order valence-corrected chi connectivity index (χ2v) is 4.03. The quantitative estimate of drug-likeness (QED) is 0.377. The third-order valence-corrected chi connectivity index (χ3v) is 2.56. The minimum Gasteiger partial charge on any atom is -0.870 e. The van der Waals surface area contributed by atoms with E-state index in [9.17, 15) is 9.18 Å². The number of rotatable bonds is 6. The molecule has 0 saturated heterocycles. The molecule has 0 amide bonds. The molecule has 20 heavy (non-hydrogen) atoms. The zero-order valence-corrected chi connectivity index (χ0v) is 13.3. The standard InChI is InChI=1S/C13H13FN3O.Na.H2O/c14-12-6-4-11(5-7-12)9-17-10-13(15-16-17)3-1-2-8-18;;/h4-7,10H,1-3,9H2;;1H2/q-1;+1;/p-1. The average molecular weight is 286 g/mol. The summed E-state index contributed by atoms with van der Waals surface area (Å²) < 4.78 is 14.4. The molecular formula is C13H14FN3NaO2-. The number of halogens is 1. The third-order valence-electron chi connectivity index (χ3n) is 2.56. The van der Waals surface area contributed by atoms with E-state index >= 15 is 0 Å². The molecule has 0 aliphatic carbocycles. The van der Waals surface area contributed by atoms with Gasteiger partial charge in [-0.25, -0.2) is 9.07 Å². The minimum atomic E-state index is -0.247. The van der Waals surface area contributed by atoms with Crippen LogP contribution in [0.15, 0.2) is 30.5 Å². The van der Waals surface area contributed by atoms with Crippen molar-refractivity contribution in [2.75, 3.05) is 0 Å². The minimum absolute atomic E-state index is 0. The molecule has 0 aliphatic heterocycles. The predicted octanol–water partition coefficient (Wildman–Crippen LogP) is -1.27. The van der Waals surface area contributed by atoms with E-state index in [0.717, 1.165) is 24.1 Å². The van der Waals surface area contributed by atoms with Crippen LogP contribution in [0.4, 0.5) is 4.39 Å². The summed E-state index contributed by atoms with van der Waals surface area (Å²) in [6.45, 7) is 0.563. The maximum absolute atomic E-state index is 12.7. The molecule has 2 rings (SSSR count). The molecule has 102 valence electrons. The van der Waals surface area contributed by atoms with Crippen molar-refractivity contribution in [2.45, 2.75) is 25.8 Å². The molecule has 0 radical (unpaired) electrons. The monoisotopic (exact) mass is 286 g/mol. The maximum atomic E-state index is 12.7. The molecule has 1 aromatic carbocycles. The summed E-state index contributed by atoms with van der Waals surface area (Å²) in [5, 5.41) is 8.00. The first-order valence-corrected chi connectivity index (χ1v) is 5.76. The summed E-state index contributed by atoms with van der Waals surface area (Å²) >= 11 is 0. The molecule has 0 fully saturated rings. The summed E-state index contributed by atoms with van der Waals surface area (Å²) in [7, 11) is 0. The van der Waals surface area contributed by atoms with Gasteiger partial charge in [0.1, 0.15) is 5.82 Å². The van der Waals surface area contributed by atoms with Gasteiger partial charge in [0.15, 0.2) is 0 Å². The smallest absolute Gasteiger partial charge is 0.870 e. The van der Waals surface area contributed by atoms with Gasteiger partial charge in [-0.2, -0.15) is 6.42 Å². The molecular weight excluding hydrogens is 272 g/mol. The predicted molar refractivity (Wildman–Crippen MR) is 66.1 cm³/mol. The summed E-state index contributed by atoms with van der Waals surface area (Å²) in [6.07, 6.45) is 5.57. The Morgan fingerprint density at radius 3 is 2.60 bits per heavy atom. The number of unbranched alkanes of at least 4 members (excludes halogenated alkanes) is 1. The topological polar surface area (TPSA) is 77.8 Å². The Hall–Kier alpha value is -1.08. The first-order chi connectivity index (χ1) is 8.78. The Balaban J connectivity index is 0.00000180. The van der Waals surface area contributed by atoms with Gasteiger partial charge in [-0.15, -0.1) is 5.10 Å². The van der Waals surface area contributed by atoms with E-state index in [-0.39, 0.29) is 40.9 Å². The Bertz CT molecular complexity index is 517. The first-order valence-electron chi connectivity index (χ1n) is 5.76. The number of benzene rings is 1. The number of hydrogen-bond donors (Lipinski definition) is 0. The van der Waals surface area contributed by atoms with Crippen LogP contribution in [0, 0.1) is 5.82 Å². The van der Waals surface area contributed by atoms with Gasteiger partial charge in [-0.3, -0.25) is 6.29 Å². The number of aromatic nitrogens is 3. The van der Waals surface area contributed by atoms with Crippen molar-refractivity contribution < 1.29 is 44.2 Å². The Morgan fingerprint density at radius 2 is 1.95 bits per heavy atom. The molecule has 0 unspecified atom stereocenters. The van der Waals surface area contributed by atoms with Crippen LogP contribution in [0.25, 0.3) is 0 Å². The van der Waals surface area contributed by atoms with Crippen LogP contribution >= 0.6 is 0 Å². The molecule has 1 aromatic heterocycles. The van der Waals surface area contributed by atoms with Gasteiger partial charge in [-0.05, 0) is 24.1 Å². The molecule has 1 heterocycles. The number of aryl methyl sites for hydroxylation is 1. The van der Waals surface area contributed by atoms with E-state index in [0.29, 0.717) is 13.0 Å².